The van der Waals surface area contributed by atoms with Gasteiger partial charge in [-0.25, -0.2) is 0 Å². The van der Waals surface area contributed by atoms with Gasteiger partial charge >= 0.3 is 0 Å². The lowest BCUT2D eigenvalue weighted by Crippen LogP contribution is -2.15. The summed E-state index contributed by atoms with van der Waals surface area (Å²) in [5, 5.41) is 0. The first kappa shape index (κ1) is 8.31. The minimum Gasteiger partial charge on any atom is -0.0694 e. The van der Waals surface area contributed by atoms with Gasteiger partial charge < -0.3 is 0 Å². The molecule has 1 aliphatic carbocycles. The minimum absolute atomic E-state index is 0.293. The molecule has 10 heavy (non-hydrogen) atoms. The topological polar surface area (TPSA) is 0 Å². The van der Waals surface area contributed by atoms with Crippen molar-refractivity contribution < 1.29 is 0 Å². The van der Waals surface area contributed by atoms with Crippen molar-refractivity contribution in [2.45, 2.75) is 31.1 Å². The highest BCUT2D eigenvalue weighted by molar-refractivity contribution is 14.1. The van der Waals surface area contributed by atoms with Crippen LogP contribution in [0.3, 0.4) is 0 Å². The molecule has 0 aromatic rings. The van der Waals surface area contributed by atoms with Gasteiger partial charge in [0, 0.05) is 0 Å². The Labute approximate surface area is 76.5 Å². The highest BCUT2D eigenvalue weighted by Gasteiger charge is 2.29. The Morgan fingerprint density at radius 3 is 1.90 bits per heavy atom. The van der Waals surface area contributed by atoms with Crippen molar-refractivity contribution >= 4 is 22.6 Å². The Morgan fingerprint density at radius 1 is 1.30 bits per heavy atom. The van der Waals surface area contributed by atoms with E-state index >= 15 is 0 Å². The zero-order valence-electron chi connectivity index (χ0n) is 6.96. The largest absolute Gasteiger partial charge is 0.0694 e. The molecule has 1 unspecified atom stereocenters. The average molecular weight is 248 g/mol. The van der Waals surface area contributed by atoms with Gasteiger partial charge in [-0.15, -0.1) is 0 Å². The Hall–Kier alpha value is 0.210. The molecular formula is C9H13I. The number of halogens is 1. The fraction of sp³-hybridized carbons (Fsp3) is 0.556. The second kappa shape index (κ2) is 2.36. The molecule has 1 aliphatic rings. The number of hydrogen-bond acceptors (Lipinski definition) is 0. The van der Waals surface area contributed by atoms with E-state index in [1.807, 2.05) is 0 Å². The van der Waals surface area contributed by atoms with Gasteiger partial charge in [-0.1, -0.05) is 45.4 Å². The zero-order chi connectivity index (χ0) is 7.94. The Bertz CT molecular complexity index is 219. The molecule has 0 aromatic heterocycles. The van der Waals surface area contributed by atoms with Crippen LogP contribution in [0.1, 0.15) is 27.7 Å². The third-order valence-electron chi connectivity index (χ3n) is 2.47. The second-order valence-electron chi connectivity index (χ2n) is 3.14. The van der Waals surface area contributed by atoms with E-state index in [1.165, 1.54) is 16.7 Å². The first-order valence-electron chi connectivity index (χ1n) is 3.52. The van der Waals surface area contributed by atoms with Crippen LogP contribution in [-0.4, -0.2) is 3.42 Å². The zero-order valence-corrected chi connectivity index (χ0v) is 9.11. The Kier molecular flexibility index (Phi) is 1.96. The van der Waals surface area contributed by atoms with Gasteiger partial charge in [0.25, 0.3) is 0 Å². The lowest BCUT2D eigenvalue weighted by Gasteiger charge is -2.20. The molecule has 1 atom stereocenters. The maximum absolute atomic E-state index is 2.51. The van der Waals surface area contributed by atoms with Gasteiger partial charge in [0.1, 0.15) is 0 Å². The van der Waals surface area contributed by atoms with Gasteiger partial charge in [-0.3, -0.25) is 0 Å². The van der Waals surface area contributed by atoms with Gasteiger partial charge in [0.15, 0.2) is 0 Å². The van der Waals surface area contributed by atoms with Gasteiger partial charge in [0.05, 0.1) is 3.42 Å². The van der Waals surface area contributed by atoms with Crippen molar-refractivity contribution in [3.63, 3.8) is 0 Å². The molecule has 0 saturated carbocycles. The molecule has 0 aromatic carbocycles. The Balaban J connectivity index is 3.11. The minimum atomic E-state index is 0.293. The molecule has 0 nitrogen and oxygen atoms in total. The van der Waals surface area contributed by atoms with Crippen LogP contribution in [0.5, 0.6) is 0 Å². The lowest BCUT2D eigenvalue weighted by atomic mass is 10.00. The summed E-state index contributed by atoms with van der Waals surface area (Å²) in [6.45, 7) is 8.87. The van der Waals surface area contributed by atoms with Crippen molar-refractivity contribution in [1.29, 1.82) is 0 Å². The molecule has 0 saturated heterocycles. The summed E-state index contributed by atoms with van der Waals surface area (Å²) in [5.74, 6) is 0. The summed E-state index contributed by atoms with van der Waals surface area (Å²) < 4.78 is 0.293. The van der Waals surface area contributed by atoms with E-state index in [0.717, 1.165) is 0 Å². The molecule has 0 N–H and O–H groups in total. The molecule has 0 fully saturated rings. The van der Waals surface area contributed by atoms with Crippen molar-refractivity contribution in [3.8, 4) is 0 Å². The van der Waals surface area contributed by atoms with Crippen molar-refractivity contribution in [2.24, 2.45) is 0 Å². The highest BCUT2D eigenvalue weighted by atomic mass is 127. The molecule has 1 heteroatoms. The predicted octanol–water partition coefficient (Wildman–Crippen LogP) is 3.48. The van der Waals surface area contributed by atoms with E-state index in [-0.39, 0.29) is 0 Å². The Morgan fingerprint density at radius 2 is 1.80 bits per heavy atom. The van der Waals surface area contributed by atoms with Crippen LogP contribution in [-0.2, 0) is 0 Å². The molecule has 0 radical (unpaired) electrons. The molecule has 0 aliphatic heterocycles. The average Bonchev–Trinajstić information content (AvgIpc) is 1.97. The fourth-order valence-electron chi connectivity index (χ4n) is 1.23. The van der Waals surface area contributed by atoms with E-state index in [9.17, 15) is 0 Å². The third-order valence-corrected chi connectivity index (χ3v) is 4.13. The molecule has 1 rings (SSSR count). The van der Waals surface area contributed by atoms with E-state index in [2.05, 4.69) is 56.4 Å². The SMILES string of the molecule is CC1=CC(C)=C(C)C1(C)I. The quantitative estimate of drug-likeness (QED) is 0.454. The van der Waals surface area contributed by atoms with Crippen molar-refractivity contribution in [1.82, 2.24) is 0 Å². The monoisotopic (exact) mass is 248 g/mol. The van der Waals surface area contributed by atoms with Crippen LogP contribution in [0.15, 0.2) is 22.8 Å². The number of allylic oxidation sites excluding steroid dienone is 4. The number of hydrogen-bond donors (Lipinski definition) is 0. The lowest BCUT2D eigenvalue weighted by molar-refractivity contribution is 0.919. The van der Waals surface area contributed by atoms with Gasteiger partial charge in [-0.05, 0) is 27.7 Å². The van der Waals surface area contributed by atoms with Crippen LogP contribution < -0.4 is 0 Å². The van der Waals surface area contributed by atoms with Crippen LogP contribution in [0.25, 0.3) is 0 Å². The van der Waals surface area contributed by atoms with Crippen LogP contribution in [0, 0.1) is 0 Å². The first-order chi connectivity index (χ1) is 4.46. The normalized spacial score (nSPS) is 33.1. The summed E-state index contributed by atoms with van der Waals surface area (Å²) in [6, 6.07) is 0. The van der Waals surface area contributed by atoms with E-state index in [4.69, 9.17) is 0 Å². The molecule has 0 bridgehead atoms. The number of alkyl halides is 1. The van der Waals surface area contributed by atoms with Crippen molar-refractivity contribution in [3.05, 3.63) is 22.8 Å². The summed E-state index contributed by atoms with van der Waals surface area (Å²) in [7, 11) is 0. The van der Waals surface area contributed by atoms with E-state index < -0.39 is 0 Å². The molecular weight excluding hydrogens is 235 g/mol. The molecule has 0 heterocycles. The van der Waals surface area contributed by atoms with Crippen molar-refractivity contribution in [2.75, 3.05) is 0 Å². The van der Waals surface area contributed by atoms with E-state index in [0.29, 0.717) is 3.42 Å². The van der Waals surface area contributed by atoms with Crippen LogP contribution >= 0.6 is 22.6 Å². The summed E-state index contributed by atoms with van der Waals surface area (Å²) >= 11 is 2.51. The van der Waals surface area contributed by atoms with Gasteiger partial charge in [0.2, 0.25) is 0 Å². The van der Waals surface area contributed by atoms with Crippen LogP contribution in [0.2, 0.25) is 0 Å². The summed E-state index contributed by atoms with van der Waals surface area (Å²) in [5.41, 5.74) is 4.42. The summed E-state index contributed by atoms with van der Waals surface area (Å²) in [6.07, 6.45) is 2.28. The molecule has 0 amide bonds. The second-order valence-corrected chi connectivity index (χ2v) is 5.30. The standard InChI is InChI=1S/C9H13I/c1-6-5-7(2)9(4,10)8(6)3/h5H,1-4H3. The van der Waals surface area contributed by atoms with Gasteiger partial charge in [-0.2, -0.15) is 0 Å². The van der Waals surface area contributed by atoms with E-state index in [1.54, 1.807) is 0 Å². The molecule has 0 spiro atoms. The first-order valence-corrected chi connectivity index (χ1v) is 4.60. The predicted molar refractivity (Wildman–Crippen MR) is 54.6 cm³/mol. The number of rotatable bonds is 0. The smallest absolute Gasteiger partial charge is 0.0614 e. The molecule has 56 valence electrons. The van der Waals surface area contributed by atoms with Crippen LogP contribution in [0.4, 0.5) is 0 Å². The third kappa shape index (κ3) is 1.04. The fourth-order valence-corrected chi connectivity index (χ4v) is 1.82. The summed E-state index contributed by atoms with van der Waals surface area (Å²) in [4.78, 5) is 0. The highest BCUT2D eigenvalue weighted by Crippen LogP contribution is 2.41. The maximum atomic E-state index is 2.51. The maximum Gasteiger partial charge on any atom is 0.0614 e.